The zero-order valence-corrected chi connectivity index (χ0v) is 37.6. The van der Waals surface area contributed by atoms with Gasteiger partial charge in [-0.25, -0.2) is 23.1 Å². The van der Waals surface area contributed by atoms with Crippen LogP contribution in [0.4, 0.5) is 24.5 Å². The van der Waals surface area contributed by atoms with Crippen molar-refractivity contribution in [2.45, 2.75) is 89.4 Å². The monoisotopic (exact) mass is 952 g/mol. The fraction of sp³-hybridized carbons (Fsp3) is 0.467. The molecule has 9 rings (SSSR count). The quantitative estimate of drug-likeness (QED) is 0.151. The number of nitrogens with one attached hydrogen (secondary N) is 3. The molecular formula is C45H49Cl2F3N10O6. The SMILES string of the molecule is CCN(C(=O)c1nc[nH]c1C(N)=O)[C@H]1CC[C@]2(CCN(c3ccc(F)cc3Cl)C2=O)CC1.O=C(N[C@H]1CC[C@]2(CCN(c3ccc(F)cc3Cl)C2=O)CC1)c1[nH]cnc1C(=O)N1CC(F)C1. The Morgan fingerprint density at radius 3 is 1.77 bits per heavy atom. The van der Waals surface area contributed by atoms with Crippen LogP contribution in [0.2, 0.25) is 10.0 Å². The van der Waals surface area contributed by atoms with Crippen LogP contribution < -0.4 is 20.9 Å². The number of hydrogen-bond donors (Lipinski definition) is 4. The minimum Gasteiger partial charge on any atom is -0.364 e. The van der Waals surface area contributed by atoms with E-state index < -0.39 is 46.4 Å². The zero-order chi connectivity index (χ0) is 47.1. The topological polar surface area (TPSA) is 211 Å². The highest BCUT2D eigenvalue weighted by Gasteiger charge is 2.51. The van der Waals surface area contributed by atoms with E-state index in [0.29, 0.717) is 95.2 Å². The summed E-state index contributed by atoms with van der Waals surface area (Å²) in [6, 6.07) is 7.86. The van der Waals surface area contributed by atoms with Gasteiger partial charge >= 0.3 is 0 Å². The Morgan fingerprint density at radius 1 is 0.788 bits per heavy atom. The molecule has 6 amide bonds. The van der Waals surface area contributed by atoms with Gasteiger partial charge in [0, 0.05) is 31.7 Å². The summed E-state index contributed by atoms with van der Waals surface area (Å²) >= 11 is 12.4. The Labute approximate surface area is 387 Å². The molecule has 350 valence electrons. The Balaban J connectivity index is 0.000000180. The number of rotatable bonds is 9. The first-order valence-electron chi connectivity index (χ1n) is 22.0. The molecule has 5 heterocycles. The Kier molecular flexibility index (Phi) is 13.2. The van der Waals surface area contributed by atoms with Crippen molar-refractivity contribution in [3.05, 3.63) is 93.5 Å². The molecule has 0 atom stereocenters. The molecule has 2 aliphatic carbocycles. The third kappa shape index (κ3) is 8.86. The minimum absolute atomic E-state index is 0.00137. The van der Waals surface area contributed by atoms with Crippen molar-refractivity contribution in [1.29, 1.82) is 0 Å². The molecule has 2 aromatic carbocycles. The molecule has 5 N–H and O–H groups in total. The summed E-state index contributed by atoms with van der Waals surface area (Å²) < 4.78 is 39.9. The maximum Gasteiger partial charge on any atom is 0.275 e. The second kappa shape index (κ2) is 18.7. The number of anilines is 2. The first kappa shape index (κ1) is 46.6. The first-order chi connectivity index (χ1) is 31.5. The van der Waals surface area contributed by atoms with E-state index >= 15 is 0 Å². The van der Waals surface area contributed by atoms with Crippen LogP contribution in [0.1, 0.15) is 113 Å². The van der Waals surface area contributed by atoms with Crippen LogP contribution in [-0.4, -0.2) is 116 Å². The number of primary amides is 1. The van der Waals surface area contributed by atoms with E-state index in [-0.39, 0.29) is 75.7 Å². The maximum absolute atomic E-state index is 13.4. The number of nitrogens with two attached hydrogens (primary N) is 1. The molecular weight excluding hydrogens is 904 g/mol. The van der Waals surface area contributed by atoms with Gasteiger partial charge in [-0.05, 0) is 108 Å². The second-order valence-electron chi connectivity index (χ2n) is 17.7. The highest BCUT2D eigenvalue weighted by molar-refractivity contribution is 6.34. The van der Waals surface area contributed by atoms with Gasteiger partial charge in [-0.15, -0.1) is 0 Å². The Hall–Kier alpha value is -5.95. The van der Waals surface area contributed by atoms with E-state index in [1.54, 1.807) is 14.7 Å². The summed E-state index contributed by atoms with van der Waals surface area (Å²) in [6.45, 7) is 3.37. The van der Waals surface area contributed by atoms with Gasteiger partial charge in [0.1, 0.15) is 29.2 Å². The molecule has 0 radical (unpaired) electrons. The van der Waals surface area contributed by atoms with Gasteiger partial charge in [-0.3, -0.25) is 28.8 Å². The van der Waals surface area contributed by atoms with Crippen molar-refractivity contribution in [3.63, 3.8) is 0 Å². The van der Waals surface area contributed by atoms with Crippen LogP contribution in [0.5, 0.6) is 0 Å². The molecule has 16 nitrogen and oxygen atoms in total. The zero-order valence-electron chi connectivity index (χ0n) is 36.1. The van der Waals surface area contributed by atoms with Gasteiger partial charge in [0.25, 0.3) is 23.6 Å². The van der Waals surface area contributed by atoms with Gasteiger partial charge < -0.3 is 40.6 Å². The highest BCUT2D eigenvalue weighted by atomic mass is 35.5. The molecule has 66 heavy (non-hydrogen) atoms. The van der Waals surface area contributed by atoms with E-state index in [1.165, 1.54) is 54.0 Å². The molecule has 2 spiro atoms. The largest absolute Gasteiger partial charge is 0.364 e. The molecule has 0 bridgehead atoms. The maximum atomic E-state index is 13.4. The fourth-order valence-electron chi connectivity index (χ4n) is 10.2. The second-order valence-corrected chi connectivity index (χ2v) is 18.5. The van der Waals surface area contributed by atoms with Crippen LogP contribution in [0.3, 0.4) is 0 Å². The lowest BCUT2D eigenvalue weighted by molar-refractivity contribution is -0.128. The lowest BCUT2D eigenvalue weighted by atomic mass is 9.71. The standard InChI is InChI=1S/C23H24ClF2N5O3.C22H25ClFN5O3/c24-16-9-13(25)1-2-17(16)31-8-7-23(22(31)34)5-3-15(4-6-23)29-20(32)18-19(28-12-27-18)21(33)30-10-14(26)11-30;1-2-28(20(31)18-17(19(25)30)26-12-27-18)14-5-7-22(8-6-14)9-10-29(21(22)32)16-4-3-13(24)11-15(16)23/h1-2,9,12,14-15H,3-8,10-11H2,(H,27,28)(H,29,32);3-4,11-12,14H,2,5-10H2,1H3,(H2,25,30)(H,26,27)/t15-,23+;14-,22+. The van der Waals surface area contributed by atoms with Crippen molar-refractivity contribution in [3.8, 4) is 0 Å². The third-order valence-electron chi connectivity index (χ3n) is 13.9. The van der Waals surface area contributed by atoms with Crippen molar-refractivity contribution in [2.75, 3.05) is 42.5 Å². The number of halogens is 5. The number of alkyl halides is 1. The van der Waals surface area contributed by atoms with Gasteiger partial charge in [0.15, 0.2) is 11.4 Å². The Bertz CT molecular complexity index is 2550. The summed E-state index contributed by atoms with van der Waals surface area (Å²) in [7, 11) is 0. The average molecular weight is 954 g/mol. The lowest BCUT2D eigenvalue weighted by Crippen LogP contribution is -2.52. The molecule has 4 aromatic rings. The van der Waals surface area contributed by atoms with Crippen molar-refractivity contribution in [2.24, 2.45) is 16.6 Å². The number of carbonyl (C=O) groups excluding carboxylic acids is 6. The van der Waals surface area contributed by atoms with Crippen molar-refractivity contribution >= 4 is 70.0 Å². The van der Waals surface area contributed by atoms with Gasteiger partial charge in [-0.1, -0.05) is 23.2 Å². The highest BCUT2D eigenvalue weighted by Crippen LogP contribution is 2.49. The summed E-state index contributed by atoms with van der Waals surface area (Å²) in [5, 5.41) is 3.36. The Morgan fingerprint density at radius 2 is 1.29 bits per heavy atom. The van der Waals surface area contributed by atoms with E-state index in [9.17, 15) is 41.9 Å². The minimum atomic E-state index is -1.04. The summed E-state index contributed by atoms with van der Waals surface area (Å²) in [5.74, 6) is -2.92. The molecule has 2 saturated carbocycles. The fourth-order valence-corrected chi connectivity index (χ4v) is 10.7. The van der Waals surface area contributed by atoms with E-state index in [0.717, 1.165) is 0 Å². The van der Waals surface area contributed by atoms with Crippen LogP contribution in [-0.2, 0) is 9.59 Å². The number of aromatic amines is 2. The smallest absolute Gasteiger partial charge is 0.275 e. The van der Waals surface area contributed by atoms with Crippen LogP contribution in [0.15, 0.2) is 49.1 Å². The normalized spacial score (nSPS) is 24.1. The molecule has 5 aliphatic rings. The van der Waals surface area contributed by atoms with Gasteiger partial charge in [0.05, 0.1) is 58.0 Å². The van der Waals surface area contributed by atoms with Gasteiger partial charge in [-0.2, -0.15) is 0 Å². The van der Waals surface area contributed by atoms with E-state index in [1.807, 2.05) is 6.92 Å². The average Bonchev–Trinajstić information content (AvgIpc) is 4.10. The molecule has 2 aromatic heterocycles. The number of benzene rings is 2. The molecule has 21 heteroatoms. The van der Waals surface area contributed by atoms with Crippen LogP contribution in [0.25, 0.3) is 0 Å². The predicted octanol–water partition coefficient (Wildman–Crippen LogP) is 6.22. The van der Waals surface area contributed by atoms with E-state index in [2.05, 4.69) is 25.3 Å². The summed E-state index contributed by atoms with van der Waals surface area (Å²) in [4.78, 5) is 96.1. The number of aromatic nitrogens is 4. The molecule has 5 fully saturated rings. The number of imidazole rings is 2. The number of H-pyrrole nitrogens is 2. The lowest BCUT2D eigenvalue weighted by Gasteiger charge is -2.40. The summed E-state index contributed by atoms with van der Waals surface area (Å²) in [5.41, 5.74) is 5.42. The van der Waals surface area contributed by atoms with Crippen LogP contribution in [0, 0.1) is 22.5 Å². The number of hydrogen-bond acceptors (Lipinski definition) is 8. The van der Waals surface area contributed by atoms with Crippen molar-refractivity contribution in [1.82, 2.24) is 35.1 Å². The van der Waals surface area contributed by atoms with Gasteiger partial charge in [0.2, 0.25) is 11.8 Å². The third-order valence-corrected chi connectivity index (χ3v) is 14.5. The van der Waals surface area contributed by atoms with Crippen molar-refractivity contribution < 1.29 is 41.9 Å². The number of likely N-dealkylation sites (tertiary alicyclic amines) is 1. The summed E-state index contributed by atoms with van der Waals surface area (Å²) in [6.07, 6.45) is 7.90. The molecule has 3 aliphatic heterocycles. The number of amides is 6. The number of nitrogens with zero attached hydrogens (tertiary/aromatic N) is 6. The molecule has 0 unspecified atom stereocenters. The first-order valence-corrected chi connectivity index (χ1v) is 22.8. The predicted molar refractivity (Wildman–Crippen MR) is 237 cm³/mol. The van der Waals surface area contributed by atoms with E-state index in [4.69, 9.17) is 28.9 Å². The molecule has 3 saturated heterocycles. The van der Waals surface area contributed by atoms with Crippen LogP contribution >= 0.6 is 23.2 Å². The number of carbonyl (C=O) groups is 6.